The SMILES string of the molecule is Cc1noc2ncc(C(=O)N3CCN(S(=O)(=O)c4cc(F)ccc4F)CC3)cc12. The first-order valence-corrected chi connectivity index (χ1v) is 10.2. The van der Waals surface area contributed by atoms with E-state index in [1.165, 1.54) is 11.1 Å². The predicted molar refractivity (Wildman–Crippen MR) is 97.6 cm³/mol. The number of aromatic nitrogens is 2. The van der Waals surface area contributed by atoms with Gasteiger partial charge < -0.3 is 9.42 Å². The molecular weight excluding hydrogens is 406 g/mol. The zero-order chi connectivity index (χ0) is 20.8. The Bertz CT molecular complexity index is 1200. The Balaban J connectivity index is 1.50. The van der Waals surface area contributed by atoms with Crippen molar-refractivity contribution >= 4 is 27.0 Å². The van der Waals surface area contributed by atoms with Crippen LogP contribution in [0.5, 0.6) is 0 Å². The Morgan fingerprint density at radius 2 is 1.86 bits per heavy atom. The van der Waals surface area contributed by atoms with Crippen molar-refractivity contribution in [3.05, 3.63) is 53.4 Å². The Hall–Kier alpha value is -2.92. The van der Waals surface area contributed by atoms with Crippen LogP contribution in [0.4, 0.5) is 8.78 Å². The second-order valence-corrected chi connectivity index (χ2v) is 8.52. The molecule has 1 saturated heterocycles. The number of rotatable bonds is 3. The summed E-state index contributed by atoms with van der Waals surface area (Å²) in [7, 11) is -4.21. The monoisotopic (exact) mass is 422 g/mol. The van der Waals surface area contributed by atoms with E-state index in [2.05, 4.69) is 10.1 Å². The largest absolute Gasteiger partial charge is 0.336 e. The minimum atomic E-state index is -4.21. The molecule has 8 nitrogen and oxygen atoms in total. The molecule has 29 heavy (non-hydrogen) atoms. The summed E-state index contributed by atoms with van der Waals surface area (Å²) >= 11 is 0. The van der Waals surface area contributed by atoms with Crippen LogP contribution in [-0.2, 0) is 10.0 Å². The summed E-state index contributed by atoms with van der Waals surface area (Å²) in [6.45, 7) is 1.88. The van der Waals surface area contributed by atoms with Crippen molar-refractivity contribution in [3.8, 4) is 0 Å². The number of sulfonamides is 1. The van der Waals surface area contributed by atoms with E-state index in [0.717, 1.165) is 16.4 Å². The number of hydrogen-bond acceptors (Lipinski definition) is 6. The van der Waals surface area contributed by atoms with Crippen LogP contribution >= 0.6 is 0 Å². The minimum Gasteiger partial charge on any atom is -0.336 e. The van der Waals surface area contributed by atoms with Crippen molar-refractivity contribution < 1.29 is 26.5 Å². The van der Waals surface area contributed by atoms with Crippen LogP contribution < -0.4 is 0 Å². The highest BCUT2D eigenvalue weighted by Crippen LogP contribution is 2.23. The molecule has 4 rings (SSSR count). The smallest absolute Gasteiger partial charge is 0.257 e. The van der Waals surface area contributed by atoms with E-state index in [4.69, 9.17) is 4.52 Å². The van der Waals surface area contributed by atoms with Gasteiger partial charge in [-0.2, -0.15) is 4.31 Å². The molecule has 1 fully saturated rings. The number of piperazine rings is 1. The van der Waals surface area contributed by atoms with Gasteiger partial charge in [0.2, 0.25) is 10.0 Å². The molecule has 1 aromatic carbocycles. The van der Waals surface area contributed by atoms with Crippen molar-refractivity contribution in [1.29, 1.82) is 0 Å². The molecule has 3 aromatic rings. The molecule has 0 bridgehead atoms. The van der Waals surface area contributed by atoms with Gasteiger partial charge in [0, 0.05) is 32.4 Å². The molecule has 0 radical (unpaired) electrons. The maximum atomic E-state index is 13.9. The fourth-order valence-corrected chi connectivity index (χ4v) is 4.69. The van der Waals surface area contributed by atoms with Crippen LogP contribution in [0.2, 0.25) is 0 Å². The molecule has 0 aliphatic carbocycles. The number of pyridine rings is 1. The lowest BCUT2D eigenvalue weighted by Gasteiger charge is -2.34. The molecule has 0 unspecified atom stereocenters. The number of carbonyl (C=O) groups is 1. The number of halogens is 2. The van der Waals surface area contributed by atoms with Crippen LogP contribution in [0.1, 0.15) is 16.1 Å². The normalized spacial score (nSPS) is 15.8. The molecule has 152 valence electrons. The van der Waals surface area contributed by atoms with Crippen molar-refractivity contribution in [2.45, 2.75) is 11.8 Å². The van der Waals surface area contributed by atoms with Crippen LogP contribution in [0, 0.1) is 18.6 Å². The lowest BCUT2D eigenvalue weighted by molar-refractivity contribution is 0.0697. The summed E-state index contributed by atoms with van der Waals surface area (Å²) in [4.78, 5) is 17.6. The van der Waals surface area contributed by atoms with E-state index < -0.39 is 26.6 Å². The second-order valence-electron chi connectivity index (χ2n) is 6.62. The van der Waals surface area contributed by atoms with Crippen molar-refractivity contribution in [2.24, 2.45) is 0 Å². The third-order valence-electron chi connectivity index (χ3n) is 4.79. The first-order chi connectivity index (χ1) is 13.8. The molecule has 0 saturated carbocycles. The van der Waals surface area contributed by atoms with Gasteiger partial charge in [-0.1, -0.05) is 5.16 Å². The number of hydrogen-bond donors (Lipinski definition) is 0. The van der Waals surface area contributed by atoms with Crippen molar-refractivity contribution in [3.63, 3.8) is 0 Å². The third kappa shape index (κ3) is 3.47. The van der Waals surface area contributed by atoms with Gasteiger partial charge in [-0.05, 0) is 31.2 Å². The number of amides is 1. The minimum absolute atomic E-state index is 0.0357. The van der Waals surface area contributed by atoms with Crippen LogP contribution in [0.25, 0.3) is 11.1 Å². The lowest BCUT2D eigenvalue weighted by Crippen LogP contribution is -2.50. The average Bonchev–Trinajstić information content (AvgIpc) is 3.09. The van der Waals surface area contributed by atoms with Crippen LogP contribution in [-0.4, -0.2) is 59.8 Å². The molecule has 0 N–H and O–H groups in total. The average molecular weight is 422 g/mol. The number of carbonyl (C=O) groups excluding carboxylic acids is 1. The maximum Gasteiger partial charge on any atom is 0.257 e. The zero-order valence-electron chi connectivity index (χ0n) is 15.3. The summed E-state index contributed by atoms with van der Waals surface area (Å²) in [5.41, 5.74) is 1.26. The van der Waals surface area contributed by atoms with E-state index in [1.807, 2.05) is 0 Å². The first kappa shape index (κ1) is 19.4. The topological polar surface area (TPSA) is 96.6 Å². The Morgan fingerprint density at radius 1 is 1.14 bits per heavy atom. The van der Waals surface area contributed by atoms with E-state index in [1.54, 1.807) is 13.0 Å². The van der Waals surface area contributed by atoms with Gasteiger partial charge in [0.15, 0.2) is 0 Å². The molecule has 11 heteroatoms. The van der Waals surface area contributed by atoms with Gasteiger partial charge in [-0.25, -0.2) is 22.2 Å². The van der Waals surface area contributed by atoms with Gasteiger partial charge in [0.05, 0.1) is 16.6 Å². The van der Waals surface area contributed by atoms with Gasteiger partial charge in [0.25, 0.3) is 11.6 Å². The van der Waals surface area contributed by atoms with E-state index >= 15 is 0 Å². The van der Waals surface area contributed by atoms with Gasteiger partial charge in [-0.3, -0.25) is 4.79 Å². The third-order valence-corrected chi connectivity index (χ3v) is 6.71. The fourth-order valence-electron chi connectivity index (χ4n) is 3.19. The highest BCUT2D eigenvalue weighted by molar-refractivity contribution is 7.89. The van der Waals surface area contributed by atoms with E-state index in [0.29, 0.717) is 28.4 Å². The van der Waals surface area contributed by atoms with Crippen LogP contribution in [0.15, 0.2) is 39.9 Å². The molecule has 3 heterocycles. The summed E-state index contributed by atoms with van der Waals surface area (Å²) in [6.07, 6.45) is 1.38. The summed E-state index contributed by atoms with van der Waals surface area (Å²) in [5, 5.41) is 4.42. The number of aryl methyl sites for hydroxylation is 1. The predicted octanol–water partition coefficient (Wildman–Crippen LogP) is 1.96. The molecule has 0 spiro atoms. The number of fused-ring (bicyclic) bond motifs is 1. The van der Waals surface area contributed by atoms with Crippen molar-refractivity contribution in [2.75, 3.05) is 26.2 Å². The van der Waals surface area contributed by atoms with Gasteiger partial charge in [0.1, 0.15) is 16.5 Å². The van der Waals surface area contributed by atoms with Gasteiger partial charge >= 0.3 is 0 Å². The summed E-state index contributed by atoms with van der Waals surface area (Å²) < 4.78 is 58.7. The van der Waals surface area contributed by atoms with E-state index in [9.17, 15) is 22.0 Å². The zero-order valence-corrected chi connectivity index (χ0v) is 16.1. The van der Waals surface area contributed by atoms with Crippen molar-refractivity contribution in [1.82, 2.24) is 19.3 Å². The van der Waals surface area contributed by atoms with Crippen LogP contribution in [0.3, 0.4) is 0 Å². The Morgan fingerprint density at radius 3 is 2.59 bits per heavy atom. The Labute approximate surface area is 164 Å². The highest BCUT2D eigenvalue weighted by Gasteiger charge is 2.32. The standard InChI is InChI=1S/C18H16F2N4O4S/c1-11-14-8-12(10-21-17(14)28-22-11)18(25)23-4-6-24(7-5-23)29(26,27)16-9-13(19)2-3-15(16)20/h2-3,8-10H,4-7H2,1H3. The molecule has 2 aromatic heterocycles. The molecule has 1 aliphatic rings. The van der Waals surface area contributed by atoms with E-state index in [-0.39, 0.29) is 32.1 Å². The number of nitrogens with zero attached hydrogens (tertiary/aromatic N) is 4. The lowest BCUT2D eigenvalue weighted by atomic mass is 10.2. The quantitative estimate of drug-likeness (QED) is 0.640. The van der Waals surface area contributed by atoms with Gasteiger partial charge in [-0.15, -0.1) is 0 Å². The first-order valence-electron chi connectivity index (χ1n) is 8.74. The molecule has 1 amide bonds. The second kappa shape index (κ2) is 7.16. The fraction of sp³-hybridized carbons (Fsp3) is 0.278. The molecule has 0 atom stereocenters. The molecule has 1 aliphatic heterocycles. The summed E-state index contributed by atoms with van der Waals surface area (Å²) in [5.74, 6) is -2.17. The summed E-state index contributed by atoms with van der Waals surface area (Å²) in [6, 6.07) is 3.91. The maximum absolute atomic E-state index is 13.9. The highest BCUT2D eigenvalue weighted by atomic mass is 32.2. The Kier molecular flexibility index (Phi) is 4.79. The molecular formula is C18H16F2N4O4S. The number of benzene rings is 1.